The maximum atomic E-state index is 7.60. The Bertz CT molecular complexity index is 401. The summed E-state index contributed by atoms with van der Waals surface area (Å²) in [6.07, 6.45) is 0. The maximum Gasteiger partial charge on any atom is 0.130 e. The standard InChI is InChI=1S/C11H18N4S/c1-6(2)5-16-11-9(10(12)13)7(3)8(4)14-15-11/h6H,5H2,1-4H3,(H3,12,13). The van der Waals surface area contributed by atoms with E-state index in [4.69, 9.17) is 11.1 Å². The van der Waals surface area contributed by atoms with Crippen molar-refractivity contribution in [3.63, 3.8) is 0 Å². The topological polar surface area (TPSA) is 75.7 Å². The first-order valence-corrected chi connectivity index (χ1v) is 6.23. The first-order chi connectivity index (χ1) is 7.43. The zero-order chi connectivity index (χ0) is 12.3. The number of hydrogen-bond donors (Lipinski definition) is 2. The molecule has 0 fully saturated rings. The minimum atomic E-state index is 0.0711. The van der Waals surface area contributed by atoms with Gasteiger partial charge in [0.25, 0.3) is 0 Å². The maximum absolute atomic E-state index is 7.60. The van der Waals surface area contributed by atoms with E-state index in [0.717, 1.165) is 27.6 Å². The lowest BCUT2D eigenvalue weighted by atomic mass is 10.1. The smallest absolute Gasteiger partial charge is 0.130 e. The second kappa shape index (κ2) is 5.30. The molecule has 0 bridgehead atoms. The molecule has 0 aliphatic rings. The molecule has 0 aliphatic heterocycles. The number of thioether (sulfide) groups is 1. The molecule has 0 aliphatic carbocycles. The van der Waals surface area contributed by atoms with Crippen LogP contribution in [0.2, 0.25) is 0 Å². The molecule has 3 N–H and O–H groups in total. The van der Waals surface area contributed by atoms with Gasteiger partial charge in [-0.3, -0.25) is 5.41 Å². The van der Waals surface area contributed by atoms with Gasteiger partial charge in [0.05, 0.1) is 11.3 Å². The summed E-state index contributed by atoms with van der Waals surface area (Å²) in [5.74, 6) is 1.60. The Morgan fingerprint density at radius 3 is 2.50 bits per heavy atom. The SMILES string of the molecule is Cc1nnc(SCC(C)C)c(C(=N)N)c1C. The third kappa shape index (κ3) is 2.95. The van der Waals surface area contributed by atoms with Crippen LogP contribution in [0.5, 0.6) is 0 Å². The van der Waals surface area contributed by atoms with Gasteiger partial charge >= 0.3 is 0 Å². The van der Waals surface area contributed by atoms with Crippen molar-refractivity contribution >= 4 is 17.6 Å². The normalized spacial score (nSPS) is 10.8. The van der Waals surface area contributed by atoms with Crippen LogP contribution in [0.25, 0.3) is 0 Å². The van der Waals surface area contributed by atoms with E-state index >= 15 is 0 Å². The van der Waals surface area contributed by atoms with E-state index in [-0.39, 0.29) is 5.84 Å². The van der Waals surface area contributed by atoms with Crippen molar-refractivity contribution in [2.75, 3.05) is 5.75 Å². The quantitative estimate of drug-likeness (QED) is 0.478. The molecule has 1 heterocycles. The molecule has 16 heavy (non-hydrogen) atoms. The first-order valence-electron chi connectivity index (χ1n) is 5.24. The molecule has 0 saturated carbocycles. The number of nitrogens with zero attached hydrogens (tertiary/aromatic N) is 2. The van der Waals surface area contributed by atoms with Crippen molar-refractivity contribution in [3.8, 4) is 0 Å². The fourth-order valence-corrected chi connectivity index (χ4v) is 2.25. The Kier molecular flexibility index (Phi) is 4.29. The minimum absolute atomic E-state index is 0.0711. The molecule has 0 unspecified atom stereocenters. The summed E-state index contributed by atoms with van der Waals surface area (Å²) >= 11 is 1.61. The zero-order valence-corrected chi connectivity index (χ0v) is 11.0. The van der Waals surface area contributed by atoms with E-state index in [1.807, 2.05) is 13.8 Å². The third-order valence-corrected chi connectivity index (χ3v) is 3.64. The Hall–Kier alpha value is -1.10. The highest BCUT2D eigenvalue weighted by atomic mass is 32.2. The molecule has 0 radical (unpaired) electrons. The highest BCUT2D eigenvalue weighted by Crippen LogP contribution is 2.24. The van der Waals surface area contributed by atoms with E-state index in [9.17, 15) is 0 Å². The molecule has 1 aromatic rings. The van der Waals surface area contributed by atoms with Gasteiger partial charge in [0.2, 0.25) is 0 Å². The van der Waals surface area contributed by atoms with Crippen LogP contribution in [0.1, 0.15) is 30.7 Å². The molecule has 0 spiro atoms. The van der Waals surface area contributed by atoms with Crippen molar-refractivity contribution in [1.82, 2.24) is 10.2 Å². The number of aryl methyl sites for hydroxylation is 1. The monoisotopic (exact) mass is 238 g/mol. The van der Waals surface area contributed by atoms with Gasteiger partial charge in [-0.1, -0.05) is 13.8 Å². The number of nitrogens with two attached hydrogens (primary N) is 1. The molecule has 88 valence electrons. The average molecular weight is 238 g/mol. The third-order valence-electron chi connectivity index (χ3n) is 2.25. The number of hydrogen-bond acceptors (Lipinski definition) is 4. The molecule has 5 heteroatoms. The lowest BCUT2D eigenvalue weighted by Gasteiger charge is -2.11. The highest BCUT2D eigenvalue weighted by molar-refractivity contribution is 7.99. The number of nitrogens with one attached hydrogen (secondary N) is 1. The van der Waals surface area contributed by atoms with Gasteiger partial charge in [-0.15, -0.1) is 16.9 Å². The van der Waals surface area contributed by atoms with Gasteiger partial charge in [-0.05, 0) is 25.3 Å². The molecule has 0 atom stereocenters. The van der Waals surface area contributed by atoms with Crippen LogP contribution in [-0.2, 0) is 0 Å². The highest BCUT2D eigenvalue weighted by Gasteiger charge is 2.14. The van der Waals surface area contributed by atoms with Crippen molar-refractivity contribution in [1.29, 1.82) is 5.41 Å². The van der Waals surface area contributed by atoms with Gasteiger partial charge in [-0.25, -0.2) is 0 Å². The fraction of sp³-hybridized carbons (Fsp3) is 0.545. The molecule has 0 saturated heterocycles. The number of nitrogen functional groups attached to an aromatic ring is 1. The number of amidine groups is 1. The van der Waals surface area contributed by atoms with E-state index < -0.39 is 0 Å². The van der Waals surface area contributed by atoms with Gasteiger partial charge < -0.3 is 5.73 Å². The molecule has 1 aromatic heterocycles. The fourth-order valence-electron chi connectivity index (χ4n) is 1.25. The summed E-state index contributed by atoms with van der Waals surface area (Å²) in [7, 11) is 0. The van der Waals surface area contributed by atoms with Crippen molar-refractivity contribution in [2.45, 2.75) is 32.7 Å². The van der Waals surface area contributed by atoms with E-state index in [1.165, 1.54) is 0 Å². The van der Waals surface area contributed by atoms with Gasteiger partial charge in [0, 0.05) is 5.75 Å². The van der Waals surface area contributed by atoms with Crippen LogP contribution in [0.3, 0.4) is 0 Å². The van der Waals surface area contributed by atoms with Crippen LogP contribution in [0.4, 0.5) is 0 Å². The largest absolute Gasteiger partial charge is 0.384 e. The second-order valence-corrected chi connectivity index (χ2v) is 5.22. The minimum Gasteiger partial charge on any atom is -0.384 e. The average Bonchev–Trinajstić information content (AvgIpc) is 2.19. The van der Waals surface area contributed by atoms with Gasteiger partial charge in [0.15, 0.2) is 0 Å². The molecule has 0 aromatic carbocycles. The van der Waals surface area contributed by atoms with Gasteiger partial charge in [0.1, 0.15) is 10.9 Å². The summed E-state index contributed by atoms with van der Waals surface area (Å²) in [6, 6.07) is 0. The molecule has 4 nitrogen and oxygen atoms in total. The lowest BCUT2D eigenvalue weighted by molar-refractivity contribution is 0.747. The summed E-state index contributed by atoms with van der Waals surface area (Å²) in [5, 5.41) is 16.6. The predicted molar refractivity (Wildman–Crippen MR) is 68.1 cm³/mol. The van der Waals surface area contributed by atoms with E-state index in [2.05, 4.69) is 24.0 Å². The van der Waals surface area contributed by atoms with Gasteiger partial charge in [-0.2, -0.15) is 5.10 Å². The Morgan fingerprint density at radius 2 is 2.00 bits per heavy atom. The number of aromatic nitrogens is 2. The predicted octanol–water partition coefficient (Wildman–Crippen LogP) is 2.13. The second-order valence-electron chi connectivity index (χ2n) is 4.21. The lowest BCUT2D eigenvalue weighted by Crippen LogP contribution is -2.17. The van der Waals surface area contributed by atoms with E-state index in [0.29, 0.717) is 5.92 Å². The van der Waals surface area contributed by atoms with Crippen LogP contribution in [-0.4, -0.2) is 21.8 Å². The summed E-state index contributed by atoms with van der Waals surface area (Å²) in [6.45, 7) is 8.11. The van der Waals surface area contributed by atoms with E-state index in [1.54, 1.807) is 11.8 Å². The molecular formula is C11H18N4S. The zero-order valence-electron chi connectivity index (χ0n) is 10.2. The van der Waals surface area contributed by atoms with Crippen LogP contribution < -0.4 is 5.73 Å². The molecule has 1 rings (SSSR count). The Labute approximate surface area is 101 Å². The first kappa shape index (κ1) is 13.0. The number of rotatable bonds is 4. The molecule has 0 amide bonds. The van der Waals surface area contributed by atoms with Crippen molar-refractivity contribution in [3.05, 3.63) is 16.8 Å². The van der Waals surface area contributed by atoms with Crippen LogP contribution >= 0.6 is 11.8 Å². The summed E-state index contributed by atoms with van der Waals surface area (Å²) in [5.41, 5.74) is 8.11. The van der Waals surface area contributed by atoms with Crippen molar-refractivity contribution < 1.29 is 0 Å². The van der Waals surface area contributed by atoms with Crippen LogP contribution in [0, 0.1) is 25.2 Å². The van der Waals surface area contributed by atoms with Crippen LogP contribution in [0.15, 0.2) is 5.03 Å². The summed E-state index contributed by atoms with van der Waals surface area (Å²) < 4.78 is 0. The summed E-state index contributed by atoms with van der Waals surface area (Å²) in [4.78, 5) is 0. The Balaban J connectivity index is 3.08. The Morgan fingerprint density at radius 1 is 1.38 bits per heavy atom. The molecular weight excluding hydrogens is 220 g/mol. The van der Waals surface area contributed by atoms with Crippen molar-refractivity contribution in [2.24, 2.45) is 11.7 Å².